The second-order valence-electron chi connectivity index (χ2n) is 6.95. The molecule has 9 nitrogen and oxygen atoms in total. The number of aromatic nitrogens is 2. The van der Waals surface area contributed by atoms with Gasteiger partial charge >= 0.3 is 0 Å². The zero-order valence-electron chi connectivity index (χ0n) is 16.7. The van der Waals surface area contributed by atoms with Gasteiger partial charge in [0.1, 0.15) is 11.6 Å². The first-order chi connectivity index (χ1) is 15.3. The van der Waals surface area contributed by atoms with Crippen LogP contribution in [0.1, 0.15) is 17.9 Å². The SMILES string of the molecule is COc1ccc(Cl)cc1NC(=O)[C@@H]1CC(=O)Nc2nc(Nc3cccc(Cl)c3)[nH]c(=O)c21. The Bertz CT molecular complexity index is 1280. The number of methoxy groups -OCH3 is 1. The van der Waals surface area contributed by atoms with Crippen molar-refractivity contribution in [3.8, 4) is 5.75 Å². The van der Waals surface area contributed by atoms with Crippen LogP contribution in [0.2, 0.25) is 10.0 Å². The van der Waals surface area contributed by atoms with Crippen LogP contribution in [0.25, 0.3) is 0 Å². The lowest BCUT2D eigenvalue weighted by Gasteiger charge is -2.24. The Labute approximate surface area is 192 Å². The van der Waals surface area contributed by atoms with Crippen molar-refractivity contribution in [1.29, 1.82) is 0 Å². The van der Waals surface area contributed by atoms with E-state index in [4.69, 9.17) is 27.9 Å². The normalized spacial score (nSPS) is 14.8. The maximum absolute atomic E-state index is 13.0. The van der Waals surface area contributed by atoms with Crippen molar-refractivity contribution in [3.63, 3.8) is 0 Å². The van der Waals surface area contributed by atoms with E-state index in [1.807, 2.05) is 0 Å². The van der Waals surface area contributed by atoms with Crippen LogP contribution in [0.5, 0.6) is 5.75 Å². The Balaban J connectivity index is 1.65. The van der Waals surface area contributed by atoms with Crippen LogP contribution in [0.4, 0.5) is 23.1 Å². The van der Waals surface area contributed by atoms with Crippen LogP contribution in [0.15, 0.2) is 47.3 Å². The van der Waals surface area contributed by atoms with E-state index in [0.29, 0.717) is 27.2 Å². The van der Waals surface area contributed by atoms with E-state index in [-0.39, 0.29) is 23.8 Å². The van der Waals surface area contributed by atoms with Crippen LogP contribution in [-0.2, 0) is 9.59 Å². The number of nitrogens with one attached hydrogen (secondary N) is 4. The Morgan fingerprint density at radius 3 is 2.69 bits per heavy atom. The number of anilines is 4. The number of nitrogens with zero attached hydrogens (tertiary/aromatic N) is 1. The van der Waals surface area contributed by atoms with Crippen molar-refractivity contribution in [2.75, 3.05) is 23.1 Å². The number of ether oxygens (including phenoxy) is 1. The molecule has 11 heteroatoms. The topological polar surface area (TPSA) is 125 Å². The van der Waals surface area contributed by atoms with E-state index < -0.39 is 23.3 Å². The molecule has 1 aromatic heterocycles. The molecule has 0 bridgehead atoms. The van der Waals surface area contributed by atoms with Crippen molar-refractivity contribution in [3.05, 3.63) is 68.4 Å². The largest absolute Gasteiger partial charge is 0.495 e. The monoisotopic (exact) mass is 473 g/mol. The summed E-state index contributed by atoms with van der Waals surface area (Å²) in [4.78, 5) is 45.0. The fourth-order valence-corrected chi connectivity index (χ4v) is 3.72. The minimum Gasteiger partial charge on any atom is -0.495 e. The van der Waals surface area contributed by atoms with Crippen LogP contribution in [-0.4, -0.2) is 28.9 Å². The molecule has 2 amide bonds. The Morgan fingerprint density at radius 2 is 1.94 bits per heavy atom. The van der Waals surface area contributed by atoms with Gasteiger partial charge in [0, 0.05) is 22.2 Å². The van der Waals surface area contributed by atoms with Crippen LogP contribution in [0, 0.1) is 0 Å². The molecule has 0 aliphatic carbocycles. The molecule has 1 aliphatic heterocycles. The summed E-state index contributed by atoms with van der Waals surface area (Å²) < 4.78 is 5.23. The molecule has 3 aromatic rings. The van der Waals surface area contributed by atoms with Gasteiger partial charge in [0.15, 0.2) is 0 Å². The summed E-state index contributed by atoms with van der Waals surface area (Å²) in [5.41, 5.74) is 0.406. The van der Waals surface area contributed by atoms with Gasteiger partial charge in [-0.05, 0) is 36.4 Å². The number of fused-ring (bicyclic) bond motifs is 1. The number of benzene rings is 2. The molecule has 1 aliphatic rings. The lowest BCUT2D eigenvalue weighted by Crippen LogP contribution is -2.36. The second kappa shape index (κ2) is 8.89. The summed E-state index contributed by atoms with van der Waals surface area (Å²) in [5.74, 6) is -1.58. The van der Waals surface area contributed by atoms with Gasteiger partial charge in [0.2, 0.25) is 17.8 Å². The van der Waals surface area contributed by atoms with Crippen molar-refractivity contribution >= 4 is 58.2 Å². The maximum Gasteiger partial charge on any atom is 0.258 e. The van der Waals surface area contributed by atoms with Gasteiger partial charge in [-0.15, -0.1) is 0 Å². The molecule has 0 saturated carbocycles. The lowest BCUT2D eigenvalue weighted by molar-refractivity contribution is -0.123. The minimum atomic E-state index is -1.06. The Morgan fingerprint density at radius 1 is 1.16 bits per heavy atom. The molecule has 0 unspecified atom stereocenters. The third-order valence-electron chi connectivity index (χ3n) is 4.77. The highest BCUT2D eigenvalue weighted by Crippen LogP contribution is 2.33. The van der Waals surface area contributed by atoms with Crippen molar-refractivity contribution in [2.24, 2.45) is 0 Å². The van der Waals surface area contributed by atoms with E-state index in [0.717, 1.165) is 0 Å². The minimum absolute atomic E-state index is 0.00716. The van der Waals surface area contributed by atoms with E-state index in [1.54, 1.807) is 36.4 Å². The molecule has 1 atom stereocenters. The number of carbonyl (C=O) groups excluding carboxylic acids is 2. The first kappa shape index (κ1) is 21.7. The zero-order chi connectivity index (χ0) is 22.8. The number of halogens is 2. The van der Waals surface area contributed by atoms with E-state index in [1.165, 1.54) is 13.2 Å². The third-order valence-corrected chi connectivity index (χ3v) is 5.24. The molecule has 0 spiro atoms. The highest BCUT2D eigenvalue weighted by molar-refractivity contribution is 6.31. The number of H-pyrrole nitrogens is 1. The molecule has 4 rings (SSSR count). The molecule has 164 valence electrons. The Kier molecular flexibility index (Phi) is 6.02. The van der Waals surface area contributed by atoms with E-state index in [9.17, 15) is 14.4 Å². The van der Waals surface area contributed by atoms with Gasteiger partial charge in [-0.3, -0.25) is 19.4 Å². The zero-order valence-corrected chi connectivity index (χ0v) is 18.2. The van der Waals surface area contributed by atoms with Gasteiger partial charge in [0.05, 0.1) is 24.3 Å². The third kappa shape index (κ3) is 4.53. The summed E-state index contributed by atoms with van der Waals surface area (Å²) in [7, 11) is 1.45. The predicted molar refractivity (Wildman–Crippen MR) is 122 cm³/mol. The van der Waals surface area contributed by atoms with Crippen LogP contribution >= 0.6 is 23.2 Å². The van der Waals surface area contributed by atoms with E-state index >= 15 is 0 Å². The van der Waals surface area contributed by atoms with Crippen molar-refractivity contribution < 1.29 is 14.3 Å². The van der Waals surface area contributed by atoms with Gasteiger partial charge in [0.25, 0.3) is 5.56 Å². The van der Waals surface area contributed by atoms with E-state index in [2.05, 4.69) is 25.9 Å². The molecule has 0 radical (unpaired) electrons. The molecular formula is C21H17Cl2N5O4. The summed E-state index contributed by atoms with van der Waals surface area (Å²) in [6.45, 7) is 0. The number of hydrogen-bond donors (Lipinski definition) is 4. The molecule has 4 N–H and O–H groups in total. The number of aromatic amines is 1. The summed E-state index contributed by atoms with van der Waals surface area (Å²) in [6, 6.07) is 11.5. The maximum atomic E-state index is 13.0. The van der Waals surface area contributed by atoms with Crippen molar-refractivity contribution in [2.45, 2.75) is 12.3 Å². The van der Waals surface area contributed by atoms with Crippen molar-refractivity contribution in [1.82, 2.24) is 9.97 Å². The fourth-order valence-electron chi connectivity index (χ4n) is 3.36. The smallest absolute Gasteiger partial charge is 0.258 e. The lowest BCUT2D eigenvalue weighted by atomic mass is 9.92. The molecule has 0 fully saturated rings. The highest BCUT2D eigenvalue weighted by atomic mass is 35.5. The van der Waals surface area contributed by atoms with Gasteiger partial charge < -0.3 is 20.7 Å². The molecule has 0 saturated heterocycles. The quantitative estimate of drug-likeness (QED) is 0.445. The van der Waals surface area contributed by atoms with Gasteiger partial charge in [-0.2, -0.15) is 4.98 Å². The highest BCUT2D eigenvalue weighted by Gasteiger charge is 2.35. The van der Waals surface area contributed by atoms with Gasteiger partial charge in [-0.25, -0.2) is 0 Å². The first-order valence-electron chi connectivity index (χ1n) is 9.45. The predicted octanol–water partition coefficient (Wildman–Crippen LogP) is 3.89. The second-order valence-corrected chi connectivity index (χ2v) is 7.82. The average molecular weight is 474 g/mol. The molecule has 32 heavy (non-hydrogen) atoms. The molecule has 2 heterocycles. The number of amides is 2. The number of carbonyl (C=O) groups is 2. The average Bonchev–Trinajstić information content (AvgIpc) is 2.73. The van der Waals surface area contributed by atoms with Gasteiger partial charge in [-0.1, -0.05) is 29.3 Å². The Hall–Kier alpha value is -3.56. The summed E-state index contributed by atoms with van der Waals surface area (Å²) >= 11 is 12.0. The molecular weight excluding hydrogens is 457 g/mol. The standard InChI is InChI=1S/C21H17Cl2N5O4/c1-32-15-6-5-11(23)8-14(15)25-19(30)13-9-16(29)26-18-17(13)20(31)28-21(27-18)24-12-4-2-3-10(22)7-12/h2-8,13H,9H2,1H3,(H,25,30)(H3,24,26,27,28,29,31)/t13-/m1/s1. The first-order valence-corrected chi connectivity index (χ1v) is 10.2. The van der Waals surface area contributed by atoms with Crippen LogP contribution in [0.3, 0.4) is 0 Å². The summed E-state index contributed by atoms with van der Waals surface area (Å²) in [5, 5.41) is 9.05. The summed E-state index contributed by atoms with van der Waals surface area (Å²) in [6.07, 6.45) is -0.215. The van der Waals surface area contributed by atoms with Crippen LogP contribution < -0.4 is 26.2 Å². The number of rotatable bonds is 5. The fraction of sp³-hybridized carbons (Fsp3) is 0.143. The molecule has 2 aromatic carbocycles. The number of hydrogen-bond acceptors (Lipinski definition) is 6.